The predicted molar refractivity (Wildman–Crippen MR) is 82.5 cm³/mol. The van der Waals surface area contributed by atoms with Gasteiger partial charge in [-0.2, -0.15) is 0 Å². The lowest BCUT2D eigenvalue weighted by molar-refractivity contribution is -0.130. The van der Waals surface area contributed by atoms with E-state index in [1.807, 2.05) is 30.0 Å². The zero-order valence-corrected chi connectivity index (χ0v) is 13.5. The number of hydrogen-bond acceptors (Lipinski definition) is 1. The number of amides is 1. The SMILES string of the molecule is Cc1ccc(C(Cl)C(=O)N2CCCCCC2)c(Br)c1. The molecule has 1 fully saturated rings. The zero-order valence-electron chi connectivity index (χ0n) is 11.2. The smallest absolute Gasteiger partial charge is 0.245 e. The molecule has 4 heteroatoms. The van der Waals surface area contributed by atoms with Gasteiger partial charge in [0, 0.05) is 17.6 Å². The van der Waals surface area contributed by atoms with Gasteiger partial charge in [-0.3, -0.25) is 4.79 Å². The Labute approximate surface area is 128 Å². The highest BCUT2D eigenvalue weighted by atomic mass is 79.9. The molecule has 1 aliphatic rings. The molecule has 0 radical (unpaired) electrons. The highest BCUT2D eigenvalue weighted by Crippen LogP contribution is 2.31. The van der Waals surface area contributed by atoms with Crippen LogP contribution in [0, 0.1) is 6.92 Å². The van der Waals surface area contributed by atoms with E-state index in [2.05, 4.69) is 15.9 Å². The van der Waals surface area contributed by atoms with Gasteiger partial charge in [-0.15, -0.1) is 11.6 Å². The third-order valence-corrected chi connectivity index (χ3v) is 4.67. The first-order valence-corrected chi connectivity index (χ1v) is 8.01. The Bertz CT molecular complexity index is 455. The van der Waals surface area contributed by atoms with Crippen LogP contribution in [0.3, 0.4) is 0 Å². The minimum Gasteiger partial charge on any atom is -0.341 e. The standard InChI is InChI=1S/C15H19BrClNO/c1-11-6-7-12(13(16)10-11)14(17)15(19)18-8-4-2-3-5-9-18/h6-7,10,14H,2-5,8-9H2,1H3. The summed E-state index contributed by atoms with van der Waals surface area (Å²) in [5, 5.41) is -0.590. The summed E-state index contributed by atoms with van der Waals surface area (Å²) >= 11 is 9.88. The second-order valence-electron chi connectivity index (χ2n) is 5.13. The van der Waals surface area contributed by atoms with E-state index < -0.39 is 5.38 Å². The van der Waals surface area contributed by atoms with Crippen LogP contribution in [0.15, 0.2) is 22.7 Å². The molecular formula is C15H19BrClNO. The van der Waals surface area contributed by atoms with Crippen LogP contribution < -0.4 is 0 Å². The number of hydrogen-bond donors (Lipinski definition) is 0. The molecule has 0 bridgehead atoms. The number of alkyl halides is 1. The highest BCUT2D eigenvalue weighted by molar-refractivity contribution is 9.10. The Morgan fingerprint density at radius 3 is 2.47 bits per heavy atom. The summed E-state index contributed by atoms with van der Waals surface area (Å²) < 4.78 is 0.913. The molecule has 0 aromatic heterocycles. The molecule has 19 heavy (non-hydrogen) atoms. The minimum atomic E-state index is -0.590. The summed E-state index contributed by atoms with van der Waals surface area (Å²) in [6.07, 6.45) is 4.60. The van der Waals surface area contributed by atoms with Crippen molar-refractivity contribution in [3.63, 3.8) is 0 Å². The van der Waals surface area contributed by atoms with Crippen LogP contribution in [-0.2, 0) is 4.79 Å². The number of rotatable bonds is 2. The van der Waals surface area contributed by atoms with Gasteiger partial charge >= 0.3 is 0 Å². The van der Waals surface area contributed by atoms with Crippen molar-refractivity contribution in [3.8, 4) is 0 Å². The molecule has 104 valence electrons. The average Bonchev–Trinajstić information content (AvgIpc) is 2.66. The first-order chi connectivity index (χ1) is 9.09. The molecule has 2 nitrogen and oxygen atoms in total. The van der Waals surface area contributed by atoms with E-state index in [4.69, 9.17) is 11.6 Å². The Morgan fingerprint density at radius 2 is 1.89 bits per heavy atom. The first-order valence-electron chi connectivity index (χ1n) is 6.78. The summed E-state index contributed by atoms with van der Waals surface area (Å²) in [5.41, 5.74) is 2.02. The second-order valence-corrected chi connectivity index (χ2v) is 6.42. The molecule has 0 saturated carbocycles. The van der Waals surface area contributed by atoms with Gasteiger partial charge in [-0.05, 0) is 37.0 Å². The van der Waals surface area contributed by atoms with Crippen LogP contribution in [0.1, 0.15) is 42.2 Å². The fraction of sp³-hybridized carbons (Fsp3) is 0.533. The van der Waals surface area contributed by atoms with Crippen LogP contribution in [-0.4, -0.2) is 23.9 Å². The van der Waals surface area contributed by atoms with Crippen LogP contribution in [0.25, 0.3) is 0 Å². The molecule has 1 heterocycles. The van der Waals surface area contributed by atoms with Gasteiger partial charge in [-0.25, -0.2) is 0 Å². The molecule has 1 aromatic carbocycles. The molecule has 1 aliphatic heterocycles. The van der Waals surface area contributed by atoms with E-state index in [9.17, 15) is 4.79 Å². The number of likely N-dealkylation sites (tertiary alicyclic amines) is 1. The number of benzene rings is 1. The largest absolute Gasteiger partial charge is 0.341 e. The van der Waals surface area contributed by atoms with Crippen molar-refractivity contribution in [2.75, 3.05) is 13.1 Å². The Morgan fingerprint density at radius 1 is 1.26 bits per heavy atom. The van der Waals surface area contributed by atoms with Crippen molar-refractivity contribution >= 4 is 33.4 Å². The van der Waals surface area contributed by atoms with Crippen molar-refractivity contribution in [1.29, 1.82) is 0 Å². The summed E-state index contributed by atoms with van der Waals surface area (Å²) in [6, 6.07) is 5.93. The molecule has 1 saturated heterocycles. The minimum absolute atomic E-state index is 0.0353. The van der Waals surface area contributed by atoms with Crippen molar-refractivity contribution in [3.05, 3.63) is 33.8 Å². The van der Waals surface area contributed by atoms with Crippen molar-refractivity contribution in [2.24, 2.45) is 0 Å². The van der Waals surface area contributed by atoms with Gasteiger partial charge < -0.3 is 4.90 Å². The summed E-state index contributed by atoms with van der Waals surface area (Å²) in [4.78, 5) is 14.4. The molecule has 0 spiro atoms. The molecule has 1 amide bonds. The number of carbonyl (C=O) groups is 1. The normalized spacial score (nSPS) is 17.9. The third kappa shape index (κ3) is 3.73. The van der Waals surface area contributed by atoms with E-state index in [1.54, 1.807) is 0 Å². The number of nitrogens with zero attached hydrogens (tertiary/aromatic N) is 1. The van der Waals surface area contributed by atoms with E-state index >= 15 is 0 Å². The van der Waals surface area contributed by atoms with E-state index in [0.29, 0.717) is 0 Å². The molecule has 0 aliphatic carbocycles. The van der Waals surface area contributed by atoms with Crippen molar-refractivity contribution < 1.29 is 4.79 Å². The van der Waals surface area contributed by atoms with Crippen molar-refractivity contribution in [1.82, 2.24) is 4.90 Å². The summed E-state index contributed by atoms with van der Waals surface area (Å²) in [7, 11) is 0. The maximum Gasteiger partial charge on any atom is 0.245 e. The molecule has 2 rings (SSSR count). The van der Waals surface area contributed by atoms with Gasteiger partial charge in [0.15, 0.2) is 0 Å². The lowest BCUT2D eigenvalue weighted by Gasteiger charge is -2.23. The van der Waals surface area contributed by atoms with Crippen LogP contribution in [0.2, 0.25) is 0 Å². The molecule has 1 unspecified atom stereocenters. The average molecular weight is 345 g/mol. The topological polar surface area (TPSA) is 20.3 Å². The maximum atomic E-state index is 12.5. The van der Waals surface area contributed by atoms with Crippen LogP contribution >= 0.6 is 27.5 Å². The maximum absolute atomic E-state index is 12.5. The number of carbonyl (C=O) groups excluding carboxylic acids is 1. The Balaban J connectivity index is 2.13. The fourth-order valence-corrected chi connectivity index (χ4v) is 3.60. The van der Waals surface area contributed by atoms with Crippen LogP contribution in [0.4, 0.5) is 0 Å². The van der Waals surface area contributed by atoms with Gasteiger partial charge in [0.2, 0.25) is 5.91 Å². The lowest BCUT2D eigenvalue weighted by atomic mass is 10.1. The van der Waals surface area contributed by atoms with Crippen LogP contribution in [0.5, 0.6) is 0 Å². The predicted octanol–water partition coefficient (Wildman–Crippen LogP) is 4.44. The van der Waals surface area contributed by atoms with E-state index in [0.717, 1.165) is 41.5 Å². The molecular weight excluding hydrogens is 326 g/mol. The highest BCUT2D eigenvalue weighted by Gasteiger charge is 2.25. The zero-order chi connectivity index (χ0) is 13.8. The van der Waals surface area contributed by atoms with E-state index in [1.165, 1.54) is 12.8 Å². The summed E-state index contributed by atoms with van der Waals surface area (Å²) in [6.45, 7) is 3.70. The third-order valence-electron chi connectivity index (χ3n) is 3.56. The van der Waals surface area contributed by atoms with Gasteiger partial charge in [0.05, 0.1) is 0 Å². The monoisotopic (exact) mass is 343 g/mol. The Hall–Kier alpha value is -0.540. The lowest BCUT2D eigenvalue weighted by Crippen LogP contribution is -2.34. The molecule has 1 atom stereocenters. The Kier molecular flexibility index (Phi) is 5.28. The number of halogens is 2. The van der Waals surface area contributed by atoms with Gasteiger partial charge in [0.25, 0.3) is 0 Å². The van der Waals surface area contributed by atoms with E-state index in [-0.39, 0.29) is 5.91 Å². The number of aryl methyl sites for hydroxylation is 1. The fourth-order valence-electron chi connectivity index (χ4n) is 2.42. The summed E-state index contributed by atoms with van der Waals surface area (Å²) in [5.74, 6) is 0.0353. The van der Waals surface area contributed by atoms with Crippen molar-refractivity contribution in [2.45, 2.75) is 38.0 Å². The van der Waals surface area contributed by atoms with Gasteiger partial charge in [-0.1, -0.05) is 40.9 Å². The molecule has 1 aromatic rings. The quantitative estimate of drug-likeness (QED) is 0.726. The van der Waals surface area contributed by atoms with Gasteiger partial charge in [0.1, 0.15) is 5.38 Å². The molecule has 0 N–H and O–H groups in total. The second kappa shape index (κ2) is 6.76. The first kappa shape index (κ1) is 14.9.